The number of benzene rings is 2. The first kappa shape index (κ1) is 21.9. The Bertz CT molecular complexity index is 788. The van der Waals surface area contributed by atoms with Gasteiger partial charge in [-0.25, -0.2) is 0 Å². The highest BCUT2D eigenvalue weighted by Gasteiger charge is 2.09. The van der Waals surface area contributed by atoms with E-state index in [1.54, 1.807) is 12.1 Å². The zero-order chi connectivity index (χ0) is 20.4. The van der Waals surface area contributed by atoms with Crippen molar-refractivity contribution in [2.75, 3.05) is 11.9 Å². The number of thiocarbonyl (C=S) groups is 1. The zero-order valence-electron chi connectivity index (χ0n) is 17.0. The summed E-state index contributed by atoms with van der Waals surface area (Å²) < 4.78 is 5.74. The lowest BCUT2D eigenvalue weighted by Gasteiger charge is -2.13. The van der Waals surface area contributed by atoms with Gasteiger partial charge in [-0.1, -0.05) is 44.7 Å². The first-order valence-electron chi connectivity index (χ1n) is 9.92. The summed E-state index contributed by atoms with van der Waals surface area (Å²) in [7, 11) is 0. The number of carbonyl (C=O) groups is 1. The number of rotatable bonds is 9. The maximum Gasteiger partial charge on any atom is 0.257 e. The van der Waals surface area contributed by atoms with Gasteiger partial charge in [-0.05, 0) is 73.9 Å². The summed E-state index contributed by atoms with van der Waals surface area (Å²) in [5.41, 5.74) is 3.71. The van der Waals surface area contributed by atoms with Crippen LogP contribution in [0.3, 0.4) is 0 Å². The van der Waals surface area contributed by atoms with E-state index in [-0.39, 0.29) is 11.0 Å². The second-order valence-electron chi connectivity index (χ2n) is 6.94. The molecule has 0 aliphatic heterocycles. The molecule has 4 nitrogen and oxygen atoms in total. The fourth-order valence-corrected chi connectivity index (χ4v) is 3.02. The van der Waals surface area contributed by atoms with Gasteiger partial charge in [0, 0.05) is 11.3 Å². The molecule has 0 bridgehead atoms. The van der Waals surface area contributed by atoms with Crippen molar-refractivity contribution in [3.05, 3.63) is 59.2 Å². The van der Waals surface area contributed by atoms with Gasteiger partial charge in [0.1, 0.15) is 5.75 Å². The highest BCUT2D eigenvalue weighted by atomic mass is 32.1. The molecule has 0 unspecified atom stereocenters. The van der Waals surface area contributed by atoms with Gasteiger partial charge in [0.2, 0.25) is 0 Å². The Labute approximate surface area is 173 Å². The number of anilines is 1. The third-order valence-corrected chi connectivity index (χ3v) is 4.92. The van der Waals surface area contributed by atoms with Crippen molar-refractivity contribution in [2.24, 2.45) is 0 Å². The summed E-state index contributed by atoms with van der Waals surface area (Å²) >= 11 is 5.27. The summed E-state index contributed by atoms with van der Waals surface area (Å²) in [6.45, 7) is 6.97. The average Bonchev–Trinajstić information content (AvgIpc) is 2.68. The molecule has 0 fully saturated rings. The smallest absolute Gasteiger partial charge is 0.257 e. The molecule has 0 heterocycles. The third-order valence-electron chi connectivity index (χ3n) is 4.71. The molecule has 1 amide bonds. The number of hydrogen-bond acceptors (Lipinski definition) is 3. The standard InChI is InChI=1S/C23H30N2O2S/c1-4-5-6-7-8-16-27-20-14-12-19(13-15-20)22(26)25-23(28)24-21-11-9-10-17(2)18(21)3/h9-15H,4-8,16H2,1-3H3,(H2,24,25,26,28). The number of carbonyl (C=O) groups excluding carboxylic acids is 1. The maximum absolute atomic E-state index is 12.4. The van der Waals surface area contributed by atoms with Crippen LogP contribution in [0.1, 0.15) is 60.5 Å². The Morgan fingerprint density at radius 3 is 2.43 bits per heavy atom. The highest BCUT2D eigenvalue weighted by Crippen LogP contribution is 2.18. The van der Waals surface area contributed by atoms with Gasteiger partial charge in [-0.15, -0.1) is 0 Å². The average molecular weight is 399 g/mol. The molecule has 150 valence electrons. The maximum atomic E-state index is 12.4. The summed E-state index contributed by atoms with van der Waals surface area (Å²) in [5, 5.41) is 6.09. The van der Waals surface area contributed by atoms with E-state index < -0.39 is 0 Å². The highest BCUT2D eigenvalue weighted by molar-refractivity contribution is 7.80. The number of aryl methyl sites for hydroxylation is 1. The van der Waals surface area contributed by atoms with Crippen molar-refractivity contribution in [3.63, 3.8) is 0 Å². The zero-order valence-corrected chi connectivity index (χ0v) is 17.8. The minimum atomic E-state index is -0.242. The van der Waals surface area contributed by atoms with Crippen LogP contribution in [0, 0.1) is 13.8 Å². The molecule has 0 aromatic heterocycles. The Morgan fingerprint density at radius 2 is 1.71 bits per heavy atom. The first-order valence-corrected chi connectivity index (χ1v) is 10.3. The first-order chi connectivity index (χ1) is 13.5. The second-order valence-corrected chi connectivity index (χ2v) is 7.35. The monoisotopic (exact) mass is 398 g/mol. The van der Waals surface area contributed by atoms with Crippen LogP contribution in [-0.2, 0) is 0 Å². The fraction of sp³-hybridized carbons (Fsp3) is 0.391. The molecule has 5 heteroatoms. The largest absolute Gasteiger partial charge is 0.494 e. The van der Waals surface area contributed by atoms with Gasteiger partial charge in [-0.2, -0.15) is 0 Å². The van der Waals surface area contributed by atoms with Crippen molar-refractivity contribution in [1.29, 1.82) is 0 Å². The van der Waals surface area contributed by atoms with E-state index in [9.17, 15) is 4.79 Å². The number of amides is 1. The molecule has 2 rings (SSSR count). The fourth-order valence-electron chi connectivity index (χ4n) is 2.81. The van der Waals surface area contributed by atoms with Crippen LogP contribution in [0.2, 0.25) is 0 Å². The summed E-state index contributed by atoms with van der Waals surface area (Å²) in [4.78, 5) is 12.4. The summed E-state index contributed by atoms with van der Waals surface area (Å²) in [5.74, 6) is 0.539. The molecule has 0 aliphatic carbocycles. The Balaban J connectivity index is 1.80. The molecule has 0 atom stereocenters. The van der Waals surface area contributed by atoms with E-state index in [1.807, 2.05) is 44.2 Å². The van der Waals surface area contributed by atoms with Crippen LogP contribution in [0.25, 0.3) is 0 Å². The van der Waals surface area contributed by atoms with Crippen LogP contribution in [0.15, 0.2) is 42.5 Å². The van der Waals surface area contributed by atoms with E-state index in [4.69, 9.17) is 17.0 Å². The molecule has 2 aromatic carbocycles. The lowest BCUT2D eigenvalue weighted by molar-refractivity contribution is 0.0977. The summed E-state index contributed by atoms with van der Waals surface area (Å²) in [6.07, 6.45) is 6.03. The van der Waals surface area contributed by atoms with Crippen LogP contribution in [0.4, 0.5) is 5.69 Å². The van der Waals surface area contributed by atoms with Crippen LogP contribution in [0.5, 0.6) is 5.75 Å². The van der Waals surface area contributed by atoms with Gasteiger partial charge in [0.25, 0.3) is 5.91 Å². The third kappa shape index (κ3) is 6.97. The van der Waals surface area contributed by atoms with Gasteiger partial charge in [-0.3, -0.25) is 10.1 Å². The van der Waals surface area contributed by atoms with Crippen LogP contribution < -0.4 is 15.4 Å². The second kappa shape index (κ2) is 11.4. The molecular formula is C23H30N2O2S. The number of ether oxygens (including phenoxy) is 1. The number of hydrogen-bond donors (Lipinski definition) is 2. The van der Waals surface area contributed by atoms with Crippen molar-refractivity contribution in [2.45, 2.75) is 52.9 Å². The van der Waals surface area contributed by atoms with E-state index in [1.165, 1.54) is 31.2 Å². The predicted octanol–water partition coefficient (Wildman–Crippen LogP) is 5.78. The predicted molar refractivity (Wildman–Crippen MR) is 120 cm³/mol. The van der Waals surface area contributed by atoms with E-state index >= 15 is 0 Å². The quantitative estimate of drug-likeness (QED) is 0.415. The molecule has 0 aliphatic rings. The van der Waals surface area contributed by atoms with Crippen molar-refractivity contribution in [1.82, 2.24) is 5.32 Å². The Hall–Kier alpha value is -2.40. The molecule has 0 saturated carbocycles. The molecule has 2 aromatic rings. The Kier molecular flexibility index (Phi) is 8.95. The topological polar surface area (TPSA) is 50.4 Å². The number of unbranched alkanes of at least 4 members (excludes halogenated alkanes) is 4. The SMILES string of the molecule is CCCCCCCOc1ccc(C(=O)NC(=S)Nc2cccc(C)c2C)cc1. The van der Waals surface area contributed by atoms with Crippen molar-refractivity contribution >= 4 is 28.9 Å². The van der Waals surface area contributed by atoms with Gasteiger partial charge in [0.15, 0.2) is 5.11 Å². The number of nitrogens with one attached hydrogen (secondary N) is 2. The van der Waals surface area contributed by atoms with E-state index in [0.29, 0.717) is 12.2 Å². The minimum Gasteiger partial charge on any atom is -0.494 e. The van der Waals surface area contributed by atoms with Crippen molar-refractivity contribution < 1.29 is 9.53 Å². The molecule has 0 radical (unpaired) electrons. The van der Waals surface area contributed by atoms with Gasteiger partial charge in [0.05, 0.1) is 6.61 Å². The van der Waals surface area contributed by atoms with Crippen molar-refractivity contribution in [3.8, 4) is 5.75 Å². The van der Waals surface area contributed by atoms with Crippen LogP contribution in [-0.4, -0.2) is 17.6 Å². The lowest BCUT2D eigenvalue weighted by atomic mass is 10.1. The van der Waals surface area contributed by atoms with Gasteiger partial charge < -0.3 is 10.1 Å². The van der Waals surface area contributed by atoms with E-state index in [2.05, 4.69) is 17.6 Å². The Morgan fingerprint density at radius 1 is 1.00 bits per heavy atom. The normalized spacial score (nSPS) is 10.4. The molecule has 0 spiro atoms. The molecule has 28 heavy (non-hydrogen) atoms. The molecule has 2 N–H and O–H groups in total. The molecule has 0 saturated heterocycles. The lowest BCUT2D eigenvalue weighted by Crippen LogP contribution is -2.34. The summed E-state index contributed by atoms with van der Waals surface area (Å²) in [6, 6.07) is 13.1. The van der Waals surface area contributed by atoms with Gasteiger partial charge >= 0.3 is 0 Å². The van der Waals surface area contributed by atoms with E-state index in [0.717, 1.165) is 23.4 Å². The van der Waals surface area contributed by atoms with Crippen LogP contribution >= 0.6 is 12.2 Å². The molecular weight excluding hydrogens is 368 g/mol. The minimum absolute atomic E-state index is 0.242.